The van der Waals surface area contributed by atoms with Crippen LogP contribution in [0.2, 0.25) is 5.15 Å². The lowest BCUT2D eigenvalue weighted by Crippen LogP contribution is -2.37. The van der Waals surface area contributed by atoms with Gasteiger partial charge in [0.25, 0.3) is 0 Å². The fraction of sp³-hybridized carbons (Fsp3) is 0.643. The number of hydrogen-bond donors (Lipinski definition) is 2. The van der Waals surface area contributed by atoms with Gasteiger partial charge in [0.1, 0.15) is 0 Å². The molecule has 1 aromatic heterocycles. The molecule has 1 aliphatic rings. The lowest BCUT2D eigenvalue weighted by Gasteiger charge is -2.27. The first-order valence-corrected chi connectivity index (χ1v) is 7.50. The Balaban J connectivity index is 2.41. The molecule has 1 unspecified atom stereocenters. The van der Waals surface area contributed by atoms with Crippen LogP contribution in [0.25, 0.3) is 0 Å². The van der Waals surface area contributed by atoms with E-state index in [2.05, 4.69) is 36.3 Å². The molecule has 6 nitrogen and oxygen atoms in total. The normalized spacial score (nSPS) is 19.0. The summed E-state index contributed by atoms with van der Waals surface area (Å²) >= 11 is 6.19. The Morgan fingerprint density at radius 3 is 2.86 bits per heavy atom. The minimum Gasteiger partial charge on any atom is -0.394 e. The summed E-state index contributed by atoms with van der Waals surface area (Å²) in [7, 11) is 0. The van der Waals surface area contributed by atoms with E-state index in [1.54, 1.807) is 6.07 Å². The van der Waals surface area contributed by atoms with Crippen molar-refractivity contribution in [3.8, 4) is 0 Å². The highest BCUT2D eigenvalue weighted by molar-refractivity contribution is 6.30. The summed E-state index contributed by atoms with van der Waals surface area (Å²) in [5.74, 6) is 0.424. The zero-order chi connectivity index (χ0) is 15.6. The molecule has 0 saturated carbocycles. The van der Waals surface area contributed by atoms with E-state index in [4.69, 9.17) is 11.6 Å². The Morgan fingerprint density at radius 1 is 1.52 bits per heavy atom. The standard InChI is InChI=1S/C14H21ClN4O2/c1-4-5-14(2,3)10-6-11(17-18-12(10)15)19-9(8-20)7-16-13(19)21/h6,9,20H,4-5,7-8H2,1-3H3,(H,16,21). The summed E-state index contributed by atoms with van der Waals surface area (Å²) in [6, 6.07) is 1.21. The van der Waals surface area contributed by atoms with Crippen molar-refractivity contribution in [2.24, 2.45) is 0 Å². The molecule has 0 spiro atoms. The Kier molecular flexibility index (Phi) is 4.68. The second-order valence-electron chi connectivity index (χ2n) is 5.93. The third-order valence-electron chi connectivity index (χ3n) is 3.87. The van der Waals surface area contributed by atoms with Crippen LogP contribution in [0.1, 0.15) is 39.2 Å². The van der Waals surface area contributed by atoms with Crippen LogP contribution in [0.5, 0.6) is 0 Å². The van der Waals surface area contributed by atoms with Gasteiger partial charge in [-0.1, -0.05) is 38.8 Å². The highest BCUT2D eigenvalue weighted by Gasteiger charge is 2.34. The van der Waals surface area contributed by atoms with E-state index >= 15 is 0 Å². The van der Waals surface area contributed by atoms with Crippen molar-refractivity contribution in [2.75, 3.05) is 18.1 Å². The Morgan fingerprint density at radius 2 is 2.24 bits per heavy atom. The monoisotopic (exact) mass is 312 g/mol. The maximum absolute atomic E-state index is 11.9. The molecule has 1 aromatic rings. The number of nitrogens with one attached hydrogen (secondary N) is 1. The van der Waals surface area contributed by atoms with Crippen molar-refractivity contribution in [3.63, 3.8) is 0 Å². The number of aliphatic hydroxyl groups excluding tert-OH is 1. The molecule has 2 heterocycles. The molecule has 0 aromatic carbocycles. The molecule has 2 amide bonds. The number of aromatic nitrogens is 2. The maximum atomic E-state index is 11.9. The molecule has 1 atom stereocenters. The predicted octanol–water partition coefficient (Wildman–Crippen LogP) is 2.10. The van der Waals surface area contributed by atoms with Gasteiger partial charge >= 0.3 is 6.03 Å². The summed E-state index contributed by atoms with van der Waals surface area (Å²) in [5.41, 5.74) is 0.717. The molecule has 1 aliphatic heterocycles. The van der Waals surface area contributed by atoms with Crippen molar-refractivity contribution in [2.45, 2.75) is 45.1 Å². The fourth-order valence-electron chi connectivity index (χ4n) is 2.70. The lowest BCUT2D eigenvalue weighted by molar-refractivity contribution is 0.247. The number of aliphatic hydroxyl groups is 1. The molecule has 0 radical (unpaired) electrons. The smallest absolute Gasteiger partial charge is 0.323 e. The van der Waals surface area contributed by atoms with Gasteiger partial charge in [-0.25, -0.2) is 4.79 Å². The molecule has 0 bridgehead atoms. The first-order chi connectivity index (χ1) is 9.90. The SMILES string of the molecule is CCCC(C)(C)c1cc(N2C(=O)NCC2CO)nnc1Cl. The van der Waals surface area contributed by atoms with Crippen LogP contribution in [0, 0.1) is 0 Å². The maximum Gasteiger partial charge on any atom is 0.323 e. The second kappa shape index (κ2) is 6.15. The van der Waals surface area contributed by atoms with E-state index < -0.39 is 0 Å². The lowest BCUT2D eigenvalue weighted by atomic mass is 9.81. The van der Waals surface area contributed by atoms with Gasteiger partial charge in [0, 0.05) is 12.1 Å². The highest BCUT2D eigenvalue weighted by Crippen LogP contribution is 2.34. The molecule has 21 heavy (non-hydrogen) atoms. The van der Waals surface area contributed by atoms with Crippen molar-refractivity contribution >= 4 is 23.4 Å². The van der Waals surface area contributed by atoms with E-state index in [0.29, 0.717) is 17.5 Å². The molecule has 2 rings (SSSR count). The number of carbonyl (C=O) groups excluding carboxylic acids is 1. The van der Waals surface area contributed by atoms with Gasteiger partial charge in [-0.05, 0) is 17.9 Å². The topological polar surface area (TPSA) is 78.4 Å². The molecular weight excluding hydrogens is 292 g/mol. The van der Waals surface area contributed by atoms with Crippen molar-refractivity contribution in [1.82, 2.24) is 15.5 Å². The third-order valence-corrected chi connectivity index (χ3v) is 4.15. The number of nitrogens with zero attached hydrogens (tertiary/aromatic N) is 3. The summed E-state index contributed by atoms with van der Waals surface area (Å²) in [6.07, 6.45) is 1.97. The number of carbonyl (C=O) groups is 1. The van der Waals surface area contributed by atoms with Gasteiger partial charge in [-0.3, -0.25) is 4.90 Å². The molecule has 0 aliphatic carbocycles. The predicted molar refractivity (Wildman–Crippen MR) is 81.7 cm³/mol. The number of anilines is 1. The highest BCUT2D eigenvalue weighted by atomic mass is 35.5. The van der Waals surface area contributed by atoms with Gasteiger partial charge in [0.05, 0.1) is 12.6 Å². The van der Waals surface area contributed by atoms with Crippen LogP contribution < -0.4 is 10.2 Å². The quantitative estimate of drug-likeness (QED) is 0.872. The van der Waals surface area contributed by atoms with E-state index in [0.717, 1.165) is 18.4 Å². The zero-order valence-electron chi connectivity index (χ0n) is 12.6. The summed E-state index contributed by atoms with van der Waals surface area (Å²) in [5, 5.41) is 20.4. The molecular formula is C14H21ClN4O2. The van der Waals surface area contributed by atoms with Gasteiger partial charge in [-0.2, -0.15) is 0 Å². The summed E-state index contributed by atoms with van der Waals surface area (Å²) < 4.78 is 0. The van der Waals surface area contributed by atoms with E-state index in [-0.39, 0.29) is 24.1 Å². The number of halogens is 1. The second-order valence-corrected chi connectivity index (χ2v) is 6.29. The third kappa shape index (κ3) is 3.11. The Hall–Kier alpha value is -1.40. The van der Waals surface area contributed by atoms with E-state index in [9.17, 15) is 9.90 Å². The largest absolute Gasteiger partial charge is 0.394 e. The fourth-order valence-corrected chi connectivity index (χ4v) is 3.05. The van der Waals surface area contributed by atoms with Crippen molar-refractivity contribution in [3.05, 3.63) is 16.8 Å². The number of hydrogen-bond acceptors (Lipinski definition) is 4. The minimum absolute atomic E-state index is 0.128. The molecule has 2 N–H and O–H groups in total. The average molecular weight is 313 g/mol. The summed E-state index contributed by atoms with van der Waals surface area (Å²) in [4.78, 5) is 13.4. The number of urea groups is 1. The van der Waals surface area contributed by atoms with E-state index in [1.165, 1.54) is 4.90 Å². The van der Waals surface area contributed by atoms with Crippen LogP contribution in [0.4, 0.5) is 10.6 Å². The first kappa shape index (κ1) is 16.0. The van der Waals surface area contributed by atoms with Crippen molar-refractivity contribution in [1.29, 1.82) is 0 Å². The minimum atomic E-state index is -0.324. The van der Waals surface area contributed by atoms with Gasteiger partial charge in [0.15, 0.2) is 11.0 Å². The average Bonchev–Trinajstić information content (AvgIpc) is 2.80. The molecule has 1 fully saturated rings. The van der Waals surface area contributed by atoms with Gasteiger partial charge in [-0.15, -0.1) is 10.2 Å². The van der Waals surface area contributed by atoms with Crippen LogP contribution in [-0.4, -0.2) is 40.5 Å². The Labute approximate surface area is 129 Å². The number of rotatable bonds is 5. The van der Waals surface area contributed by atoms with Crippen LogP contribution in [0.15, 0.2) is 6.07 Å². The molecule has 1 saturated heterocycles. The zero-order valence-corrected chi connectivity index (χ0v) is 13.3. The summed E-state index contributed by atoms with van der Waals surface area (Å²) in [6.45, 7) is 6.57. The van der Waals surface area contributed by atoms with Crippen LogP contribution >= 0.6 is 11.6 Å². The first-order valence-electron chi connectivity index (χ1n) is 7.12. The van der Waals surface area contributed by atoms with Gasteiger partial charge < -0.3 is 10.4 Å². The van der Waals surface area contributed by atoms with E-state index in [1.807, 2.05) is 0 Å². The number of amides is 2. The van der Waals surface area contributed by atoms with Crippen molar-refractivity contribution < 1.29 is 9.90 Å². The molecule has 7 heteroatoms. The van der Waals surface area contributed by atoms with Crippen LogP contribution in [-0.2, 0) is 5.41 Å². The van der Waals surface area contributed by atoms with Crippen LogP contribution in [0.3, 0.4) is 0 Å². The van der Waals surface area contributed by atoms with Gasteiger partial charge in [0.2, 0.25) is 0 Å². The Bertz CT molecular complexity index is 536. The molecule has 116 valence electrons.